The third-order valence-corrected chi connectivity index (χ3v) is 3.14. The van der Waals surface area contributed by atoms with Crippen LogP contribution in [0.4, 0.5) is 13.2 Å². The quantitative estimate of drug-likeness (QED) is 0.622. The zero-order chi connectivity index (χ0) is 8.70. The Kier molecular flexibility index (Phi) is 2.13. The van der Waals surface area contributed by atoms with Crippen molar-refractivity contribution in [2.45, 2.75) is 30.4 Å². The molecule has 0 aliphatic carbocycles. The molecule has 1 saturated heterocycles. The van der Waals surface area contributed by atoms with Crippen LogP contribution >= 0.6 is 11.8 Å². The minimum absolute atomic E-state index is 0.0957. The van der Waals surface area contributed by atoms with Crippen LogP contribution in [0.2, 0.25) is 0 Å². The van der Waals surface area contributed by atoms with Crippen LogP contribution in [0.15, 0.2) is 0 Å². The molecule has 0 aromatic rings. The molecule has 5 heteroatoms. The van der Waals surface area contributed by atoms with Crippen molar-refractivity contribution in [1.82, 2.24) is 0 Å². The van der Waals surface area contributed by atoms with Gasteiger partial charge < -0.3 is 5.11 Å². The first kappa shape index (κ1) is 9.19. The molecular weight excluding hydrogens is 177 g/mol. The van der Waals surface area contributed by atoms with Crippen LogP contribution < -0.4 is 0 Å². The molecule has 0 bridgehead atoms. The van der Waals surface area contributed by atoms with E-state index in [1.807, 2.05) is 0 Å². The maximum atomic E-state index is 12.1. The second-order valence-electron chi connectivity index (χ2n) is 2.86. The summed E-state index contributed by atoms with van der Waals surface area (Å²) < 4.78 is 36.2. The van der Waals surface area contributed by atoms with Gasteiger partial charge in [-0.1, -0.05) is 6.92 Å². The van der Waals surface area contributed by atoms with E-state index >= 15 is 0 Å². The molecule has 11 heavy (non-hydrogen) atoms. The van der Waals surface area contributed by atoms with Crippen LogP contribution in [0, 0.1) is 0 Å². The molecular formula is C6H9F3OS. The van der Waals surface area contributed by atoms with Crippen molar-refractivity contribution in [2.75, 3.05) is 5.75 Å². The second-order valence-corrected chi connectivity index (χ2v) is 4.28. The van der Waals surface area contributed by atoms with E-state index in [1.165, 1.54) is 0 Å². The van der Waals surface area contributed by atoms with E-state index in [0.29, 0.717) is 0 Å². The Morgan fingerprint density at radius 1 is 1.55 bits per heavy atom. The van der Waals surface area contributed by atoms with E-state index in [-0.39, 0.29) is 17.4 Å². The predicted octanol–water partition coefficient (Wildman–Crippen LogP) is 1.81. The second kappa shape index (κ2) is 2.55. The fourth-order valence-electron chi connectivity index (χ4n) is 1.07. The summed E-state index contributed by atoms with van der Waals surface area (Å²) in [4.78, 5) is 0. The lowest BCUT2D eigenvalue weighted by molar-refractivity contribution is -0.250. The Bertz CT molecular complexity index is 158. The van der Waals surface area contributed by atoms with Gasteiger partial charge in [0.1, 0.15) is 0 Å². The van der Waals surface area contributed by atoms with Gasteiger partial charge in [0.15, 0.2) is 5.60 Å². The van der Waals surface area contributed by atoms with E-state index in [9.17, 15) is 13.2 Å². The van der Waals surface area contributed by atoms with Gasteiger partial charge in [-0.2, -0.15) is 24.9 Å². The Morgan fingerprint density at radius 3 is 2.27 bits per heavy atom. The molecule has 1 aliphatic heterocycles. The summed E-state index contributed by atoms with van der Waals surface area (Å²) >= 11 is 1.16. The average molecular weight is 186 g/mol. The van der Waals surface area contributed by atoms with Gasteiger partial charge in [-0.15, -0.1) is 0 Å². The predicted molar refractivity (Wildman–Crippen MR) is 37.5 cm³/mol. The van der Waals surface area contributed by atoms with Gasteiger partial charge in [0.05, 0.1) is 0 Å². The van der Waals surface area contributed by atoms with Gasteiger partial charge in [-0.25, -0.2) is 0 Å². The molecule has 1 heterocycles. The molecule has 0 aromatic carbocycles. The van der Waals surface area contributed by atoms with E-state index in [2.05, 4.69) is 0 Å². The highest BCUT2D eigenvalue weighted by molar-refractivity contribution is 8.00. The topological polar surface area (TPSA) is 20.2 Å². The Hall–Kier alpha value is 0.100. The van der Waals surface area contributed by atoms with Crippen LogP contribution in [0.3, 0.4) is 0 Å². The summed E-state index contributed by atoms with van der Waals surface area (Å²) in [5, 5.41) is 8.96. The maximum absolute atomic E-state index is 12.1. The van der Waals surface area contributed by atoms with E-state index < -0.39 is 11.8 Å². The zero-order valence-corrected chi connectivity index (χ0v) is 6.80. The average Bonchev–Trinajstić information content (AvgIpc) is 2.10. The molecule has 0 saturated carbocycles. The number of rotatable bonds is 0. The summed E-state index contributed by atoms with van der Waals surface area (Å²) in [5.41, 5.74) is -2.43. The van der Waals surface area contributed by atoms with Crippen molar-refractivity contribution in [3.63, 3.8) is 0 Å². The van der Waals surface area contributed by atoms with Gasteiger partial charge in [0.25, 0.3) is 0 Å². The third-order valence-electron chi connectivity index (χ3n) is 1.76. The lowest BCUT2D eigenvalue weighted by Gasteiger charge is -2.24. The molecule has 0 radical (unpaired) electrons. The first-order valence-corrected chi connectivity index (χ1v) is 4.31. The standard InChI is InChI=1S/C6H9F3OS/c1-4-2-5(10,3-11-4)6(7,8)9/h4,10H,2-3H2,1H3. The Labute approximate surface area is 67.0 Å². The van der Waals surface area contributed by atoms with Crippen LogP contribution in [0.1, 0.15) is 13.3 Å². The van der Waals surface area contributed by atoms with Crippen molar-refractivity contribution < 1.29 is 18.3 Å². The van der Waals surface area contributed by atoms with Crippen LogP contribution in [0.5, 0.6) is 0 Å². The number of hydrogen-bond donors (Lipinski definition) is 1. The molecule has 1 aliphatic rings. The number of aliphatic hydroxyl groups is 1. The molecule has 2 atom stereocenters. The minimum Gasteiger partial charge on any atom is -0.380 e. The highest BCUT2D eigenvalue weighted by atomic mass is 32.2. The molecule has 1 rings (SSSR count). The third kappa shape index (κ3) is 1.64. The molecule has 1 N–H and O–H groups in total. The lowest BCUT2D eigenvalue weighted by atomic mass is 10.0. The lowest BCUT2D eigenvalue weighted by Crippen LogP contribution is -2.45. The van der Waals surface area contributed by atoms with Gasteiger partial charge in [-0.3, -0.25) is 0 Å². The molecule has 0 spiro atoms. The van der Waals surface area contributed by atoms with E-state index in [4.69, 9.17) is 5.11 Å². The van der Waals surface area contributed by atoms with Crippen LogP contribution in [0.25, 0.3) is 0 Å². The van der Waals surface area contributed by atoms with Gasteiger partial charge in [0, 0.05) is 11.0 Å². The molecule has 1 nitrogen and oxygen atoms in total. The first-order chi connectivity index (χ1) is 4.85. The zero-order valence-electron chi connectivity index (χ0n) is 5.98. The van der Waals surface area contributed by atoms with Crippen molar-refractivity contribution in [3.05, 3.63) is 0 Å². The number of thioether (sulfide) groups is 1. The summed E-state index contributed by atoms with van der Waals surface area (Å²) in [6.45, 7) is 1.69. The Balaban J connectivity index is 2.69. The van der Waals surface area contributed by atoms with Crippen molar-refractivity contribution >= 4 is 11.8 Å². The molecule has 0 aromatic heterocycles. The SMILES string of the molecule is CC1CC(O)(C(F)(F)F)CS1. The highest BCUT2D eigenvalue weighted by Crippen LogP contribution is 2.44. The van der Waals surface area contributed by atoms with Crippen molar-refractivity contribution in [1.29, 1.82) is 0 Å². The summed E-state index contributed by atoms with van der Waals surface area (Å²) in [6, 6.07) is 0. The molecule has 0 amide bonds. The highest BCUT2D eigenvalue weighted by Gasteiger charge is 2.56. The van der Waals surface area contributed by atoms with Gasteiger partial charge in [0.2, 0.25) is 0 Å². The summed E-state index contributed by atoms with van der Waals surface area (Å²) in [7, 11) is 0. The number of alkyl halides is 3. The maximum Gasteiger partial charge on any atom is 0.418 e. The monoisotopic (exact) mass is 186 g/mol. The van der Waals surface area contributed by atoms with E-state index in [1.54, 1.807) is 6.92 Å². The number of halogens is 3. The fraction of sp³-hybridized carbons (Fsp3) is 1.00. The minimum atomic E-state index is -4.47. The molecule has 66 valence electrons. The Morgan fingerprint density at radius 2 is 2.09 bits per heavy atom. The van der Waals surface area contributed by atoms with E-state index in [0.717, 1.165) is 11.8 Å². The molecule has 2 unspecified atom stereocenters. The summed E-state index contributed by atoms with van der Waals surface area (Å²) in [6.07, 6.45) is -4.65. The number of hydrogen-bond acceptors (Lipinski definition) is 2. The smallest absolute Gasteiger partial charge is 0.380 e. The fourth-order valence-corrected chi connectivity index (χ4v) is 2.31. The normalized spacial score (nSPS) is 39.5. The molecule has 1 fully saturated rings. The van der Waals surface area contributed by atoms with Crippen LogP contribution in [-0.2, 0) is 0 Å². The van der Waals surface area contributed by atoms with Crippen molar-refractivity contribution in [2.24, 2.45) is 0 Å². The first-order valence-electron chi connectivity index (χ1n) is 3.26. The van der Waals surface area contributed by atoms with Crippen LogP contribution in [-0.4, -0.2) is 27.9 Å². The van der Waals surface area contributed by atoms with Crippen molar-refractivity contribution in [3.8, 4) is 0 Å². The van der Waals surface area contributed by atoms with Gasteiger partial charge >= 0.3 is 6.18 Å². The summed E-state index contributed by atoms with van der Waals surface area (Å²) in [5.74, 6) is -0.225. The largest absolute Gasteiger partial charge is 0.418 e. The van der Waals surface area contributed by atoms with Gasteiger partial charge in [-0.05, 0) is 6.42 Å².